The van der Waals surface area contributed by atoms with Crippen molar-refractivity contribution in [2.24, 2.45) is 5.92 Å². The van der Waals surface area contributed by atoms with Crippen LogP contribution in [0.3, 0.4) is 0 Å². The van der Waals surface area contributed by atoms with Crippen LogP contribution in [0, 0.1) is 5.92 Å². The van der Waals surface area contributed by atoms with Crippen LogP contribution in [0.5, 0.6) is 0 Å². The zero-order chi connectivity index (χ0) is 11.4. The Kier molecular flexibility index (Phi) is 1.89. The van der Waals surface area contributed by atoms with Crippen molar-refractivity contribution < 1.29 is 4.42 Å². The molecule has 2 aromatic rings. The number of rotatable bonds is 1. The molecule has 2 aliphatic carbocycles. The predicted molar refractivity (Wildman–Crippen MR) is 63.0 cm³/mol. The lowest BCUT2D eigenvalue weighted by atomic mass is 9.92. The van der Waals surface area contributed by atoms with Crippen molar-refractivity contribution in [2.75, 3.05) is 0 Å². The largest absolute Gasteiger partial charge is 0.412 e. The van der Waals surface area contributed by atoms with Crippen molar-refractivity contribution in [1.82, 2.24) is 10.2 Å². The molecular weight excluding hydrogens is 236 g/mol. The minimum Gasteiger partial charge on any atom is -0.412 e. The Morgan fingerprint density at radius 2 is 2.06 bits per heavy atom. The van der Waals surface area contributed by atoms with Crippen molar-refractivity contribution >= 4 is 11.6 Å². The number of nitrogens with zero attached hydrogens (tertiary/aromatic N) is 2. The molecule has 1 aromatic heterocycles. The Balaban J connectivity index is 1.73. The number of aromatic nitrogens is 2. The van der Waals surface area contributed by atoms with Gasteiger partial charge in [0.15, 0.2) is 0 Å². The van der Waals surface area contributed by atoms with Crippen LogP contribution in [0.1, 0.15) is 35.3 Å². The molecule has 4 rings (SSSR count). The lowest BCUT2D eigenvalue weighted by molar-refractivity contribution is 0.485. The molecular formula is C13H11ClN2O. The van der Waals surface area contributed by atoms with Gasteiger partial charge in [-0.25, -0.2) is 0 Å². The maximum absolute atomic E-state index is 5.69. The second-order valence-corrected chi connectivity index (χ2v) is 5.17. The summed E-state index contributed by atoms with van der Waals surface area (Å²) in [5.74, 6) is 2.33. The van der Waals surface area contributed by atoms with E-state index in [0.29, 0.717) is 23.6 Å². The van der Waals surface area contributed by atoms with Gasteiger partial charge < -0.3 is 4.42 Å². The fraction of sp³-hybridized carbons (Fsp3) is 0.385. The highest BCUT2D eigenvalue weighted by atomic mass is 35.5. The fourth-order valence-corrected chi connectivity index (χ4v) is 3.37. The Hall–Kier alpha value is -1.35. The second-order valence-electron chi connectivity index (χ2n) is 4.85. The van der Waals surface area contributed by atoms with Gasteiger partial charge in [0, 0.05) is 5.92 Å². The van der Waals surface area contributed by atoms with Crippen LogP contribution in [0.15, 0.2) is 28.7 Å². The third-order valence-electron chi connectivity index (χ3n) is 4.03. The monoisotopic (exact) mass is 246 g/mol. The van der Waals surface area contributed by atoms with Crippen LogP contribution in [-0.2, 0) is 6.42 Å². The third-order valence-corrected chi connectivity index (χ3v) is 4.18. The summed E-state index contributed by atoms with van der Waals surface area (Å²) >= 11 is 5.69. The summed E-state index contributed by atoms with van der Waals surface area (Å²) in [6, 6.07) is 8.67. The second kappa shape index (κ2) is 3.33. The van der Waals surface area contributed by atoms with Crippen molar-refractivity contribution in [3.63, 3.8) is 0 Å². The molecule has 3 nitrogen and oxygen atoms in total. The molecule has 1 saturated carbocycles. The predicted octanol–water partition coefficient (Wildman–Crippen LogP) is 3.17. The Bertz CT molecular complexity index is 580. The van der Waals surface area contributed by atoms with E-state index in [9.17, 15) is 0 Å². The van der Waals surface area contributed by atoms with E-state index in [1.165, 1.54) is 17.5 Å². The van der Waals surface area contributed by atoms with E-state index in [-0.39, 0.29) is 5.35 Å². The first-order chi connectivity index (χ1) is 8.34. The number of halogens is 1. The van der Waals surface area contributed by atoms with Gasteiger partial charge in [-0.1, -0.05) is 29.4 Å². The van der Waals surface area contributed by atoms with Crippen LogP contribution in [-0.4, -0.2) is 10.2 Å². The van der Waals surface area contributed by atoms with Gasteiger partial charge in [0.2, 0.25) is 5.89 Å². The molecule has 1 heterocycles. The van der Waals surface area contributed by atoms with Gasteiger partial charge in [-0.05, 0) is 47.4 Å². The number of hydrogen-bond acceptors (Lipinski definition) is 3. The van der Waals surface area contributed by atoms with Gasteiger partial charge in [-0.15, -0.1) is 5.10 Å². The molecule has 1 fully saturated rings. The summed E-state index contributed by atoms with van der Waals surface area (Å²) in [5, 5.41) is 7.92. The molecule has 4 heteroatoms. The SMILES string of the molecule is Clc1nnc(C2C3CCc4ccccc4C32)o1. The molecule has 0 aliphatic heterocycles. The highest BCUT2D eigenvalue weighted by Crippen LogP contribution is 2.64. The van der Waals surface area contributed by atoms with Gasteiger partial charge in [0.1, 0.15) is 0 Å². The van der Waals surface area contributed by atoms with Gasteiger partial charge in [0.05, 0.1) is 0 Å². The van der Waals surface area contributed by atoms with Gasteiger partial charge in [-0.2, -0.15) is 0 Å². The molecule has 0 saturated heterocycles. The third kappa shape index (κ3) is 1.35. The zero-order valence-electron chi connectivity index (χ0n) is 9.14. The van der Waals surface area contributed by atoms with E-state index in [4.69, 9.17) is 16.0 Å². The van der Waals surface area contributed by atoms with Crippen LogP contribution in [0.2, 0.25) is 5.35 Å². The van der Waals surface area contributed by atoms with Gasteiger partial charge in [-0.3, -0.25) is 0 Å². The van der Waals surface area contributed by atoms with Gasteiger partial charge in [0.25, 0.3) is 0 Å². The average Bonchev–Trinajstić information content (AvgIpc) is 2.96. The molecule has 0 radical (unpaired) electrons. The summed E-state index contributed by atoms with van der Waals surface area (Å²) in [5.41, 5.74) is 2.94. The molecule has 0 N–H and O–H groups in total. The lowest BCUT2D eigenvalue weighted by Gasteiger charge is -2.13. The minimum atomic E-state index is 0.150. The number of aryl methyl sites for hydroxylation is 1. The number of hydrogen-bond donors (Lipinski definition) is 0. The zero-order valence-corrected chi connectivity index (χ0v) is 9.89. The van der Waals surface area contributed by atoms with Crippen molar-refractivity contribution in [1.29, 1.82) is 0 Å². The van der Waals surface area contributed by atoms with Crippen molar-refractivity contribution in [3.05, 3.63) is 46.6 Å². The normalized spacial score (nSPS) is 29.6. The summed E-state index contributed by atoms with van der Waals surface area (Å²) in [7, 11) is 0. The molecule has 0 bridgehead atoms. The highest BCUT2D eigenvalue weighted by molar-refractivity contribution is 6.27. The standard InChI is InChI=1S/C13H11ClN2O/c14-13-16-15-12(17-13)11-9-6-5-7-3-1-2-4-8(7)10(9)11/h1-4,9-11H,5-6H2. The number of fused-ring (bicyclic) bond motifs is 3. The van der Waals surface area contributed by atoms with Gasteiger partial charge >= 0.3 is 5.35 Å². The topological polar surface area (TPSA) is 38.9 Å². The molecule has 0 amide bonds. The molecule has 1 aromatic carbocycles. The smallest absolute Gasteiger partial charge is 0.312 e. The van der Waals surface area contributed by atoms with Crippen LogP contribution >= 0.6 is 11.6 Å². The quantitative estimate of drug-likeness (QED) is 0.776. The summed E-state index contributed by atoms with van der Waals surface area (Å²) in [6.45, 7) is 0. The maximum atomic E-state index is 5.69. The lowest BCUT2D eigenvalue weighted by Crippen LogP contribution is -2.00. The molecule has 3 atom stereocenters. The molecule has 2 aliphatic rings. The summed E-state index contributed by atoms with van der Waals surface area (Å²) < 4.78 is 5.36. The first kappa shape index (κ1) is 9.66. The molecule has 17 heavy (non-hydrogen) atoms. The Morgan fingerprint density at radius 3 is 2.88 bits per heavy atom. The first-order valence-corrected chi connectivity index (χ1v) is 6.29. The minimum absolute atomic E-state index is 0.150. The molecule has 86 valence electrons. The van der Waals surface area contributed by atoms with E-state index in [2.05, 4.69) is 34.5 Å². The maximum Gasteiger partial charge on any atom is 0.312 e. The first-order valence-electron chi connectivity index (χ1n) is 5.91. The van der Waals surface area contributed by atoms with E-state index < -0.39 is 0 Å². The van der Waals surface area contributed by atoms with Crippen molar-refractivity contribution in [2.45, 2.75) is 24.7 Å². The Labute approximate surface area is 104 Å². The molecule has 3 unspecified atom stereocenters. The van der Waals surface area contributed by atoms with E-state index in [1.807, 2.05) is 0 Å². The summed E-state index contributed by atoms with van der Waals surface area (Å²) in [6.07, 6.45) is 2.38. The van der Waals surface area contributed by atoms with Crippen molar-refractivity contribution in [3.8, 4) is 0 Å². The van der Waals surface area contributed by atoms with E-state index in [0.717, 1.165) is 6.42 Å². The van der Waals surface area contributed by atoms with E-state index in [1.54, 1.807) is 0 Å². The number of benzene rings is 1. The average molecular weight is 247 g/mol. The molecule has 0 spiro atoms. The van der Waals surface area contributed by atoms with E-state index >= 15 is 0 Å². The van der Waals surface area contributed by atoms with Crippen LogP contribution < -0.4 is 0 Å². The summed E-state index contributed by atoms with van der Waals surface area (Å²) in [4.78, 5) is 0. The van der Waals surface area contributed by atoms with Crippen LogP contribution in [0.4, 0.5) is 0 Å². The fourth-order valence-electron chi connectivity index (χ4n) is 3.25. The van der Waals surface area contributed by atoms with Crippen LogP contribution in [0.25, 0.3) is 0 Å². The Morgan fingerprint density at radius 1 is 1.18 bits per heavy atom. The highest BCUT2D eigenvalue weighted by Gasteiger charge is 2.56.